The van der Waals surface area contributed by atoms with Crippen LogP contribution in [0.1, 0.15) is 5.56 Å². The SMILES string of the molecule is COc1cccc(CC(=O)N2CC[NH+](CC(=O)Nc3ccc(F)cc3)CC2)c1. The third-order valence-corrected chi connectivity index (χ3v) is 4.85. The van der Waals surface area contributed by atoms with Gasteiger partial charge in [-0.25, -0.2) is 4.39 Å². The van der Waals surface area contributed by atoms with E-state index in [0.717, 1.165) is 29.3 Å². The van der Waals surface area contributed by atoms with Gasteiger partial charge in [0.25, 0.3) is 5.91 Å². The van der Waals surface area contributed by atoms with Crippen molar-refractivity contribution in [2.24, 2.45) is 0 Å². The molecule has 1 aliphatic heterocycles. The largest absolute Gasteiger partial charge is 0.497 e. The lowest BCUT2D eigenvalue weighted by Gasteiger charge is -2.32. The Morgan fingerprint density at radius 2 is 1.86 bits per heavy atom. The van der Waals surface area contributed by atoms with E-state index in [1.54, 1.807) is 7.11 Å². The predicted octanol–water partition coefficient (Wildman–Crippen LogP) is 0.743. The van der Waals surface area contributed by atoms with Crippen LogP contribution in [0.15, 0.2) is 48.5 Å². The van der Waals surface area contributed by atoms with Crippen molar-refractivity contribution in [2.75, 3.05) is 45.2 Å². The van der Waals surface area contributed by atoms with E-state index in [1.165, 1.54) is 24.3 Å². The molecular weight excluding hydrogens is 361 g/mol. The third-order valence-electron chi connectivity index (χ3n) is 4.85. The first-order chi connectivity index (χ1) is 13.5. The number of methoxy groups -OCH3 is 1. The molecule has 0 radical (unpaired) electrons. The fourth-order valence-corrected chi connectivity index (χ4v) is 3.28. The summed E-state index contributed by atoms with van der Waals surface area (Å²) in [5.41, 5.74) is 1.51. The topological polar surface area (TPSA) is 63.1 Å². The number of piperazine rings is 1. The van der Waals surface area contributed by atoms with Gasteiger partial charge in [0.05, 0.1) is 39.7 Å². The number of benzene rings is 2. The highest BCUT2D eigenvalue weighted by Gasteiger charge is 2.25. The molecule has 0 atom stereocenters. The number of halogens is 1. The fourth-order valence-electron chi connectivity index (χ4n) is 3.28. The summed E-state index contributed by atoms with van der Waals surface area (Å²) in [6, 6.07) is 13.2. The van der Waals surface area contributed by atoms with Crippen LogP contribution in [0.25, 0.3) is 0 Å². The molecule has 0 aromatic heterocycles. The summed E-state index contributed by atoms with van der Waals surface area (Å²) < 4.78 is 18.1. The maximum absolute atomic E-state index is 12.9. The number of rotatable bonds is 6. The molecule has 1 aliphatic rings. The maximum atomic E-state index is 12.9. The number of nitrogens with one attached hydrogen (secondary N) is 2. The van der Waals surface area contributed by atoms with Gasteiger partial charge in [0.15, 0.2) is 6.54 Å². The van der Waals surface area contributed by atoms with Crippen LogP contribution in [-0.2, 0) is 16.0 Å². The van der Waals surface area contributed by atoms with Gasteiger partial charge in [-0.3, -0.25) is 9.59 Å². The van der Waals surface area contributed by atoms with Crippen molar-refractivity contribution in [3.05, 3.63) is 59.9 Å². The van der Waals surface area contributed by atoms with E-state index in [9.17, 15) is 14.0 Å². The zero-order valence-electron chi connectivity index (χ0n) is 15.9. The molecule has 2 aromatic carbocycles. The summed E-state index contributed by atoms with van der Waals surface area (Å²) in [5, 5.41) is 2.78. The Morgan fingerprint density at radius 1 is 1.14 bits per heavy atom. The smallest absolute Gasteiger partial charge is 0.279 e. The molecule has 28 heavy (non-hydrogen) atoms. The molecule has 0 bridgehead atoms. The average Bonchev–Trinajstić information content (AvgIpc) is 2.70. The number of quaternary nitrogens is 1. The number of carbonyl (C=O) groups is 2. The van der Waals surface area contributed by atoms with Crippen molar-refractivity contribution in [1.29, 1.82) is 0 Å². The monoisotopic (exact) mass is 386 g/mol. The van der Waals surface area contributed by atoms with Crippen molar-refractivity contribution >= 4 is 17.5 Å². The molecule has 0 spiro atoms. The van der Waals surface area contributed by atoms with Crippen LogP contribution in [0.5, 0.6) is 5.75 Å². The molecule has 0 saturated carbocycles. The lowest BCUT2D eigenvalue weighted by atomic mass is 10.1. The molecule has 1 heterocycles. The van der Waals surface area contributed by atoms with Crippen LogP contribution in [0.4, 0.5) is 10.1 Å². The molecular formula is C21H25FN3O3+. The maximum Gasteiger partial charge on any atom is 0.279 e. The van der Waals surface area contributed by atoms with E-state index in [1.807, 2.05) is 29.2 Å². The minimum absolute atomic E-state index is 0.0862. The minimum atomic E-state index is -0.335. The first-order valence-electron chi connectivity index (χ1n) is 9.33. The van der Waals surface area contributed by atoms with Gasteiger partial charge >= 0.3 is 0 Å². The Balaban J connectivity index is 1.43. The average molecular weight is 386 g/mol. The Kier molecular flexibility index (Phi) is 6.60. The van der Waals surface area contributed by atoms with E-state index in [4.69, 9.17) is 4.74 Å². The summed E-state index contributed by atoms with van der Waals surface area (Å²) in [4.78, 5) is 27.7. The second kappa shape index (κ2) is 9.32. The Morgan fingerprint density at radius 3 is 2.54 bits per heavy atom. The van der Waals surface area contributed by atoms with Crippen LogP contribution in [0.3, 0.4) is 0 Å². The summed E-state index contributed by atoms with van der Waals surface area (Å²) in [5.74, 6) is 0.380. The van der Waals surface area contributed by atoms with Gasteiger partial charge in [0.2, 0.25) is 5.91 Å². The second-order valence-electron chi connectivity index (χ2n) is 6.89. The Hall–Kier alpha value is -2.93. The van der Waals surface area contributed by atoms with Crippen molar-refractivity contribution in [1.82, 2.24) is 4.90 Å². The molecule has 2 amide bonds. The molecule has 7 heteroatoms. The van der Waals surface area contributed by atoms with E-state index in [-0.39, 0.29) is 17.6 Å². The highest BCUT2D eigenvalue weighted by molar-refractivity contribution is 5.91. The second-order valence-corrected chi connectivity index (χ2v) is 6.89. The predicted molar refractivity (Wildman–Crippen MR) is 104 cm³/mol. The van der Waals surface area contributed by atoms with Crippen LogP contribution in [-0.4, -0.2) is 56.5 Å². The molecule has 2 aromatic rings. The van der Waals surface area contributed by atoms with Crippen LogP contribution in [0, 0.1) is 5.82 Å². The van der Waals surface area contributed by atoms with Crippen LogP contribution < -0.4 is 15.0 Å². The Labute approximate surface area is 163 Å². The van der Waals surface area contributed by atoms with Gasteiger partial charge in [-0.1, -0.05) is 12.1 Å². The van der Waals surface area contributed by atoms with Crippen molar-refractivity contribution in [3.63, 3.8) is 0 Å². The summed E-state index contributed by atoms with van der Waals surface area (Å²) in [6.07, 6.45) is 0.345. The van der Waals surface area contributed by atoms with Crippen LogP contribution in [0.2, 0.25) is 0 Å². The summed E-state index contributed by atoms with van der Waals surface area (Å²) in [7, 11) is 1.61. The summed E-state index contributed by atoms with van der Waals surface area (Å²) in [6.45, 7) is 3.03. The molecule has 1 saturated heterocycles. The van der Waals surface area contributed by atoms with E-state index < -0.39 is 0 Å². The first kappa shape index (κ1) is 19.8. The number of nitrogens with zero attached hydrogens (tertiary/aromatic N) is 1. The number of anilines is 1. The van der Waals surface area contributed by atoms with E-state index >= 15 is 0 Å². The van der Waals surface area contributed by atoms with Gasteiger partial charge in [-0.2, -0.15) is 0 Å². The molecule has 148 valence electrons. The van der Waals surface area contributed by atoms with Crippen molar-refractivity contribution in [2.45, 2.75) is 6.42 Å². The van der Waals surface area contributed by atoms with Crippen molar-refractivity contribution in [3.8, 4) is 5.75 Å². The standard InChI is InChI=1S/C21H24FN3O3/c1-28-19-4-2-3-16(13-19)14-21(27)25-11-9-24(10-12-25)15-20(26)23-18-7-5-17(22)6-8-18/h2-8,13H,9-12,14-15H2,1H3,(H,23,26)/p+1. The number of hydrogen-bond acceptors (Lipinski definition) is 3. The zero-order chi connectivity index (χ0) is 19.9. The minimum Gasteiger partial charge on any atom is -0.497 e. The number of hydrogen-bond donors (Lipinski definition) is 2. The molecule has 3 rings (SSSR count). The third kappa shape index (κ3) is 5.53. The molecule has 1 fully saturated rings. The van der Waals surface area contributed by atoms with Gasteiger partial charge in [-0.05, 0) is 42.0 Å². The fraction of sp³-hybridized carbons (Fsp3) is 0.333. The lowest BCUT2D eigenvalue weighted by molar-refractivity contribution is -0.895. The quantitative estimate of drug-likeness (QED) is 0.770. The number of carbonyl (C=O) groups excluding carboxylic acids is 2. The van der Waals surface area contributed by atoms with Gasteiger partial charge < -0.3 is 19.9 Å². The first-order valence-corrected chi connectivity index (χ1v) is 9.33. The zero-order valence-corrected chi connectivity index (χ0v) is 15.9. The number of ether oxygens (including phenoxy) is 1. The van der Waals surface area contributed by atoms with Gasteiger partial charge in [0, 0.05) is 5.69 Å². The highest BCUT2D eigenvalue weighted by atomic mass is 19.1. The van der Waals surface area contributed by atoms with Crippen LogP contribution >= 0.6 is 0 Å². The van der Waals surface area contributed by atoms with E-state index in [2.05, 4.69) is 5.32 Å². The molecule has 6 nitrogen and oxygen atoms in total. The Bertz CT molecular complexity index is 818. The molecule has 2 N–H and O–H groups in total. The molecule has 0 aliphatic carbocycles. The normalized spacial score (nSPS) is 14.6. The van der Waals surface area contributed by atoms with Gasteiger partial charge in [-0.15, -0.1) is 0 Å². The van der Waals surface area contributed by atoms with Crippen molar-refractivity contribution < 1.29 is 23.6 Å². The summed E-state index contributed by atoms with van der Waals surface area (Å²) >= 11 is 0. The highest BCUT2D eigenvalue weighted by Crippen LogP contribution is 2.13. The van der Waals surface area contributed by atoms with Gasteiger partial charge in [0.1, 0.15) is 11.6 Å². The molecule has 0 unspecified atom stereocenters. The van der Waals surface area contributed by atoms with E-state index in [0.29, 0.717) is 31.7 Å². The lowest BCUT2D eigenvalue weighted by Crippen LogP contribution is -3.15. The number of amides is 2.